The first-order valence-corrected chi connectivity index (χ1v) is 8.84. The highest BCUT2D eigenvalue weighted by Gasteiger charge is 2.09. The van der Waals surface area contributed by atoms with Crippen LogP contribution in [0.15, 0.2) is 67.0 Å². The molecule has 0 saturated heterocycles. The number of pyridine rings is 1. The molecule has 0 saturated carbocycles. The van der Waals surface area contributed by atoms with Crippen LogP contribution >= 0.6 is 0 Å². The SMILES string of the molecule is CC(=O)c1cccc(Nc2cncc(C(=O)Nc3ccc(N(C)C)cc3)c2)c1. The van der Waals surface area contributed by atoms with Crippen molar-refractivity contribution in [2.45, 2.75) is 6.92 Å². The van der Waals surface area contributed by atoms with Crippen molar-refractivity contribution in [2.75, 3.05) is 29.6 Å². The standard InChI is InChI=1S/C22H22N4O2/c1-15(27)16-5-4-6-19(11-16)24-20-12-17(13-23-14-20)22(28)25-18-7-9-21(10-8-18)26(2)3/h4-14,24H,1-3H3,(H,25,28). The average Bonchev–Trinajstić information content (AvgIpc) is 2.69. The van der Waals surface area contributed by atoms with Crippen LogP contribution in [-0.2, 0) is 0 Å². The van der Waals surface area contributed by atoms with Gasteiger partial charge in [0.25, 0.3) is 5.91 Å². The lowest BCUT2D eigenvalue weighted by Crippen LogP contribution is -2.13. The number of carbonyl (C=O) groups is 2. The lowest BCUT2D eigenvalue weighted by Gasteiger charge is -2.13. The van der Waals surface area contributed by atoms with Crippen LogP contribution in [0.2, 0.25) is 0 Å². The van der Waals surface area contributed by atoms with Crippen LogP contribution < -0.4 is 15.5 Å². The highest BCUT2D eigenvalue weighted by Crippen LogP contribution is 2.20. The molecule has 1 aromatic heterocycles. The van der Waals surface area contributed by atoms with E-state index in [2.05, 4.69) is 15.6 Å². The molecule has 3 rings (SSSR count). The van der Waals surface area contributed by atoms with E-state index in [1.54, 1.807) is 30.5 Å². The second-order valence-corrected chi connectivity index (χ2v) is 6.62. The second-order valence-electron chi connectivity index (χ2n) is 6.62. The van der Waals surface area contributed by atoms with E-state index in [-0.39, 0.29) is 11.7 Å². The van der Waals surface area contributed by atoms with E-state index in [9.17, 15) is 9.59 Å². The maximum absolute atomic E-state index is 12.5. The Morgan fingerprint density at radius 3 is 2.25 bits per heavy atom. The molecule has 142 valence electrons. The molecule has 2 N–H and O–H groups in total. The minimum absolute atomic E-state index is 0.00445. The van der Waals surface area contributed by atoms with E-state index in [1.165, 1.54) is 13.1 Å². The van der Waals surface area contributed by atoms with E-state index < -0.39 is 0 Å². The van der Waals surface area contributed by atoms with Crippen molar-refractivity contribution in [3.8, 4) is 0 Å². The number of aromatic nitrogens is 1. The monoisotopic (exact) mass is 374 g/mol. The third kappa shape index (κ3) is 4.73. The van der Waals surface area contributed by atoms with Gasteiger partial charge < -0.3 is 15.5 Å². The lowest BCUT2D eigenvalue weighted by atomic mass is 10.1. The number of rotatable bonds is 6. The Bertz CT molecular complexity index is 997. The van der Waals surface area contributed by atoms with E-state index >= 15 is 0 Å². The zero-order chi connectivity index (χ0) is 20.1. The van der Waals surface area contributed by atoms with Gasteiger partial charge in [0.05, 0.1) is 17.4 Å². The number of anilines is 4. The van der Waals surface area contributed by atoms with Crippen LogP contribution in [0.3, 0.4) is 0 Å². The first kappa shape index (κ1) is 19.1. The molecule has 0 aliphatic carbocycles. The first-order valence-electron chi connectivity index (χ1n) is 8.84. The predicted molar refractivity (Wildman–Crippen MR) is 113 cm³/mol. The van der Waals surface area contributed by atoms with Crippen LogP contribution in [0.25, 0.3) is 0 Å². The molecule has 28 heavy (non-hydrogen) atoms. The van der Waals surface area contributed by atoms with E-state index in [0.29, 0.717) is 22.5 Å². The second kappa shape index (κ2) is 8.35. The maximum atomic E-state index is 12.5. The molecule has 0 aliphatic heterocycles. The molecular weight excluding hydrogens is 352 g/mol. The number of hydrogen-bond acceptors (Lipinski definition) is 5. The van der Waals surface area contributed by atoms with Crippen molar-refractivity contribution < 1.29 is 9.59 Å². The minimum atomic E-state index is -0.244. The van der Waals surface area contributed by atoms with Gasteiger partial charge in [0.2, 0.25) is 0 Å². The molecule has 6 nitrogen and oxygen atoms in total. The fraction of sp³-hybridized carbons (Fsp3) is 0.136. The van der Waals surface area contributed by atoms with Crippen LogP contribution in [0.5, 0.6) is 0 Å². The van der Waals surface area contributed by atoms with Gasteiger partial charge in [-0.3, -0.25) is 14.6 Å². The van der Waals surface area contributed by atoms with Gasteiger partial charge in [-0.05, 0) is 49.4 Å². The van der Waals surface area contributed by atoms with E-state index in [1.807, 2.05) is 49.3 Å². The molecule has 0 spiro atoms. The summed E-state index contributed by atoms with van der Waals surface area (Å²) in [5.41, 5.74) is 4.24. The summed E-state index contributed by atoms with van der Waals surface area (Å²) < 4.78 is 0. The van der Waals surface area contributed by atoms with Crippen LogP contribution in [0.1, 0.15) is 27.6 Å². The van der Waals surface area contributed by atoms with Gasteiger partial charge in [0.15, 0.2) is 5.78 Å². The summed E-state index contributed by atoms with van der Waals surface area (Å²) >= 11 is 0. The molecule has 2 aromatic carbocycles. The lowest BCUT2D eigenvalue weighted by molar-refractivity contribution is 0.101. The normalized spacial score (nSPS) is 10.2. The predicted octanol–water partition coefficient (Wildman–Crippen LogP) is 4.35. The zero-order valence-corrected chi connectivity index (χ0v) is 16.1. The van der Waals surface area contributed by atoms with Crippen molar-refractivity contribution in [2.24, 2.45) is 0 Å². The van der Waals surface area contributed by atoms with Crippen LogP contribution in [0.4, 0.5) is 22.7 Å². The molecule has 0 unspecified atom stereocenters. The van der Waals surface area contributed by atoms with Crippen molar-refractivity contribution in [1.82, 2.24) is 4.98 Å². The molecule has 0 fully saturated rings. The van der Waals surface area contributed by atoms with Gasteiger partial charge in [0, 0.05) is 42.9 Å². The summed E-state index contributed by atoms with van der Waals surface area (Å²) in [7, 11) is 3.92. The van der Waals surface area contributed by atoms with Crippen molar-refractivity contribution in [1.29, 1.82) is 0 Å². The quantitative estimate of drug-likeness (QED) is 0.628. The number of ketones is 1. The van der Waals surface area contributed by atoms with E-state index in [0.717, 1.165) is 11.4 Å². The Labute approximate surface area is 164 Å². The third-order valence-electron chi connectivity index (χ3n) is 4.20. The van der Waals surface area contributed by atoms with Gasteiger partial charge in [0.1, 0.15) is 0 Å². The van der Waals surface area contributed by atoms with Gasteiger partial charge in [-0.1, -0.05) is 12.1 Å². The summed E-state index contributed by atoms with van der Waals surface area (Å²) in [6, 6.07) is 16.5. The van der Waals surface area contributed by atoms with Crippen molar-refractivity contribution in [3.05, 3.63) is 78.1 Å². The number of nitrogens with one attached hydrogen (secondary N) is 2. The molecule has 3 aromatic rings. The molecule has 0 bridgehead atoms. The number of amides is 1. The number of hydrogen-bond donors (Lipinski definition) is 2. The summed E-state index contributed by atoms with van der Waals surface area (Å²) in [5, 5.41) is 6.05. The van der Waals surface area contributed by atoms with E-state index in [4.69, 9.17) is 0 Å². The van der Waals surface area contributed by atoms with Gasteiger partial charge >= 0.3 is 0 Å². The maximum Gasteiger partial charge on any atom is 0.257 e. The topological polar surface area (TPSA) is 74.3 Å². The van der Waals surface area contributed by atoms with Gasteiger partial charge in [-0.2, -0.15) is 0 Å². The highest BCUT2D eigenvalue weighted by molar-refractivity contribution is 6.04. The molecule has 1 amide bonds. The zero-order valence-electron chi connectivity index (χ0n) is 16.1. The number of nitrogens with zero attached hydrogens (tertiary/aromatic N) is 2. The number of carbonyl (C=O) groups excluding carboxylic acids is 2. The Balaban J connectivity index is 1.72. The average molecular weight is 374 g/mol. The molecule has 0 atom stereocenters. The Morgan fingerprint density at radius 2 is 1.57 bits per heavy atom. The number of benzene rings is 2. The fourth-order valence-electron chi connectivity index (χ4n) is 2.66. The summed E-state index contributed by atoms with van der Waals surface area (Å²) in [4.78, 5) is 30.2. The third-order valence-corrected chi connectivity index (χ3v) is 4.20. The summed E-state index contributed by atoms with van der Waals surface area (Å²) in [6.45, 7) is 1.52. The molecule has 6 heteroatoms. The van der Waals surface area contributed by atoms with Crippen LogP contribution in [-0.4, -0.2) is 30.8 Å². The Hall–Kier alpha value is -3.67. The van der Waals surface area contributed by atoms with Crippen LogP contribution in [0, 0.1) is 0 Å². The minimum Gasteiger partial charge on any atom is -0.378 e. The Morgan fingerprint density at radius 1 is 0.857 bits per heavy atom. The number of Topliss-reactive ketones (excluding diaryl/α,β-unsaturated/α-hetero) is 1. The van der Waals surface area contributed by atoms with Gasteiger partial charge in [-0.25, -0.2) is 0 Å². The molecular formula is C22H22N4O2. The fourth-order valence-corrected chi connectivity index (χ4v) is 2.66. The summed E-state index contributed by atoms with van der Waals surface area (Å²) in [5.74, 6) is -0.249. The van der Waals surface area contributed by atoms with Crippen molar-refractivity contribution >= 4 is 34.4 Å². The molecule has 1 heterocycles. The first-order chi connectivity index (χ1) is 13.4. The Kier molecular flexibility index (Phi) is 5.69. The molecule has 0 aliphatic rings. The van der Waals surface area contributed by atoms with Crippen molar-refractivity contribution in [3.63, 3.8) is 0 Å². The smallest absolute Gasteiger partial charge is 0.257 e. The van der Waals surface area contributed by atoms with Gasteiger partial charge in [-0.15, -0.1) is 0 Å². The molecule has 0 radical (unpaired) electrons. The largest absolute Gasteiger partial charge is 0.378 e. The highest BCUT2D eigenvalue weighted by atomic mass is 16.1. The summed E-state index contributed by atoms with van der Waals surface area (Å²) in [6.07, 6.45) is 3.14.